The van der Waals surface area contributed by atoms with Gasteiger partial charge in [0, 0.05) is 30.9 Å². The Morgan fingerprint density at radius 2 is 1.89 bits per heavy atom. The lowest BCUT2D eigenvalue weighted by atomic mass is 10.1. The van der Waals surface area contributed by atoms with E-state index in [0.717, 1.165) is 13.1 Å². The maximum atomic E-state index is 10.6. The van der Waals surface area contributed by atoms with Crippen molar-refractivity contribution in [1.29, 1.82) is 5.26 Å². The first-order chi connectivity index (χ1) is 13.1. The number of nitriles is 1. The summed E-state index contributed by atoms with van der Waals surface area (Å²) in [5, 5.41) is 19.8. The van der Waals surface area contributed by atoms with Crippen LogP contribution in [-0.2, 0) is 4.79 Å². The van der Waals surface area contributed by atoms with Gasteiger partial charge in [0.1, 0.15) is 12.2 Å². The average molecular weight is 435 g/mol. The molecule has 0 atom stereocenters. The number of nitrogens with one attached hydrogen (secondary N) is 1. The molecule has 1 fully saturated rings. The SMILES string of the molecule is N#Cc1c(Cl)cc(-c2nccc(OC3CNC3)n2)cc1Cl.O=C(O)C(F)(F)F. The average Bonchev–Trinajstić information content (AvgIpc) is 2.58. The lowest BCUT2D eigenvalue weighted by Crippen LogP contribution is -2.50. The van der Waals surface area contributed by atoms with Crippen molar-refractivity contribution in [1.82, 2.24) is 15.3 Å². The van der Waals surface area contributed by atoms with E-state index in [2.05, 4.69) is 15.3 Å². The van der Waals surface area contributed by atoms with E-state index in [0.29, 0.717) is 17.3 Å². The molecule has 1 saturated heterocycles. The second-order valence-corrected chi connectivity index (χ2v) is 6.16. The molecule has 0 radical (unpaired) electrons. The van der Waals surface area contributed by atoms with Crippen LogP contribution in [-0.4, -0.2) is 46.4 Å². The second-order valence-electron chi connectivity index (χ2n) is 5.35. The van der Waals surface area contributed by atoms with Crippen LogP contribution in [0.2, 0.25) is 10.0 Å². The Morgan fingerprint density at radius 3 is 2.32 bits per heavy atom. The van der Waals surface area contributed by atoms with Crippen LogP contribution in [0.1, 0.15) is 5.56 Å². The quantitative estimate of drug-likeness (QED) is 0.762. The van der Waals surface area contributed by atoms with Gasteiger partial charge in [0.05, 0.1) is 15.6 Å². The number of nitrogens with zero attached hydrogens (tertiary/aromatic N) is 3. The Kier molecular flexibility index (Phi) is 7.01. The topological polar surface area (TPSA) is 108 Å². The summed E-state index contributed by atoms with van der Waals surface area (Å²) in [5.41, 5.74) is 0.885. The summed E-state index contributed by atoms with van der Waals surface area (Å²) in [6.07, 6.45) is -3.33. The van der Waals surface area contributed by atoms with Crippen molar-refractivity contribution >= 4 is 29.2 Å². The molecule has 0 unspecified atom stereocenters. The number of rotatable bonds is 3. The molecule has 0 aliphatic carbocycles. The Balaban J connectivity index is 0.000000345. The van der Waals surface area contributed by atoms with E-state index < -0.39 is 12.1 Å². The predicted octanol–water partition coefficient (Wildman–Crippen LogP) is 3.31. The summed E-state index contributed by atoms with van der Waals surface area (Å²) in [6, 6.07) is 6.90. The molecule has 148 valence electrons. The van der Waals surface area contributed by atoms with Gasteiger partial charge in [0.15, 0.2) is 5.82 Å². The van der Waals surface area contributed by atoms with Gasteiger partial charge in [-0.3, -0.25) is 0 Å². The fourth-order valence-electron chi connectivity index (χ4n) is 1.87. The summed E-state index contributed by atoms with van der Waals surface area (Å²) in [4.78, 5) is 17.4. The Hall–Kier alpha value is -2.61. The predicted molar refractivity (Wildman–Crippen MR) is 93.2 cm³/mol. The third-order valence-corrected chi connectivity index (χ3v) is 3.91. The number of aromatic nitrogens is 2. The minimum atomic E-state index is -5.08. The zero-order valence-corrected chi connectivity index (χ0v) is 15.3. The highest BCUT2D eigenvalue weighted by atomic mass is 35.5. The van der Waals surface area contributed by atoms with Gasteiger partial charge in [-0.1, -0.05) is 23.2 Å². The van der Waals surface area contributed by atoms with Gasteiger partial charge in [-0.05, 0) is 12.1 Å². The number of carboxylic acid groups (broad SMARTS) is 1. The molecule has 2 aromatic rings. The number of hydrogen-bond donors (Lipinski definition) is 2. The molecule has 3 rings (SSSR count). The highest BCUT2D eigenvalue weighted by molar-refractivity contribution is 6.37. The normalized spacial score (nSPS) is 13.6. The third kappa shape index (κ3) is 5.69. The number of aliphatic carboxylic acids is 1. The summed E-state index contributed by atoms with van der Waals surface area (Å²) in [7, 11) is 0. The molecule has 1 aromatic heterocycles. The summed E-state index contributed by atoms with van der Waals surface area (Å²) >= 11 is 12.1. The van der Waals surface area contributed by atoms with E-state index >= 15 is 0 Å². The van der Waals surface area contributed by atoms with Crippen LogP contribution in [0.15, 0.2) is 24.4 Å². The summed E-state index contributed by atoms with van der Waals surface area (Å²) < 4.78 is 37.4. The van der Waals surface area contributed by atoms with E-state index in [1.54, 1.807) is 24.4 Å². The largest absolute Gasteiger partial charge is 0.490 e. The van der Waals surface area contributed by atoms with Crippen molar-refractivity contribution in [2.24, 2.45) is 0 Å². The maximum absolute atomic E-state index is 10.6. The maximum Gasteiger partial charge on any atom is 0.490 e. The lowest BCUT2D eigenvalue weighted by molar-refractivity contribution is -0.192. The molecule has 0 bridgehead atoms. The van der Waals surface area contributed by atoms with Crippen LogP contribution in [0.25, 0.3) is 11.4 Å². The summed E-state index contributed by atoms with van der Waals surface area (Å²) in [5.74, 6) is -1.80. The van der Waals surface area contributed by atoms with Crippen LogP contribution in [0.5, 0.6) is 5.88 Å². The smallest absolute Gasteiger partial charge is 0.475 e. The van der Waals surface area contributed by atoms with E-state index in [-0.39, 0.29) is 21.7 Å². The van der Waals surface area contributed by atoms with Gasteiger partial charge in [0.25, 0.3) is 0 Å². The minimum absolute atomic E-state index is 0.140. The Bertz CT molecular complexity index is 892. The van der Waals surface area contributed by atoms with Crippen molar-refractivity contribution in [2.75, 3.05) is 13.1 Å². The first-order valence-electron chi connectivity index (χ1n) is 7.52. The van der Waals surface area contributed by atoms with Crippen molar-refractivity contribution in [3.8, 4) is 23.3 Å². The van der Waals surface area contributed by atoms with Crippen molar-refractivity contribution in [3.05, 3.63) is 40.0 Å². The molecule has 0 spiro atoms. The number of ether oxygens (including phenoxy) is 1. The second kappa shape index (κ2) is 9.05. The Labute approximate surface area is 166 Å². The van der Waals surface area contributed by atoms with Gasteiger partial charge in [0.2, 0.25) is 5.88 Å². The van der Waals surface area contributed by atoms with Crippen molar-refractivity contribution in [3.63, 3.8) is 0 Å². The van der Waals surface area contributed by atoms with Crippen LogP contribution in [0.3, 0.4) is 0 Å². The molecule has 0 amide bonds. The first kappa shape index (κ1) is 21.7. The van der Waals surface area contributed by atoms with Crippen molar-refractivity contribution in [2.45, 2.75) is 12.3 Å². The molecular formula is C16H11Cl2F3N4O3. The number of carboxylic acids is 1. The minimum Gasteiger partial charge on any atom is -0.475 e. The fraction of sp³-hybridized carbons (Fsp3) is 0.250. The van der Waals surface area contributed by atoms with Gasteiger partial charge in [-0.2, -0.15) is 23.4 Å². The van der Waals surface area contributed by atoms with Crippen LogP contribution >= 0.6 is 23.2 Å². The van der Waals surface area contributed by atoms with Gasteiger partial charge in [-0.15, -0.1) is 0 Å². The van der Waals surface area contributed by atoms with E-state index in [9.17, 15) is 13.2 Å². The molecule has 0 saturated carbocycles. The zero-order chi connectivity index (χ0) is 20.9. The van der Waals surface area contributed by atoms with Crippen LogP contribution in [0.4, 0.5) is 13.2 Å². The van der Waals surface area contributed by atoms with Crippen molar-refractivity contribution < 1.29 is 27.8 Å². The number of benzene rings is 1. The molecule has 1 aromatic carbocycles. The number of hydrogen-bond acceptors (Lipinski definition) is 6. The monoisotopic (exact) mass is 434 g/mol. The highest BCUT2D eigenvalue weighted by Gasteiger charge is 2.38. The number of halogens is 5. The van der Waals surface area contributed by atoms with Gasteiger partial charge in [-0.25, -0.2) is 9.78 Å². The third-order valence-electron chi connectivity index (χ3n) is 3.32. The molecule has 12 heteroatoms. The van der Waals surface area contributed by atoms with Crippen LogP contribution < -0.4 is 10.1 Å². The molecule has 1 aliphatic rings. The van der Waals surface area contributed by atoms with E-state index in [1.165, 1.54) is 0 Å². The first-order valence-corrected chi connectivity index (χ1v) is 8.27. The standard InChI is InChI=1S/C14H10Cl2N4O.C2HF3O2/c15-11-3-8(4-12(16)10(11)5-17)14-19-2-1-13(20-14)21-9-6-18-7-9;3-2(4,5)1(6)7/h1-4,9,18H,6-7H2;(H,6,7). The molecule has 1 aliphatic heterocycles. The highest BCUT2D eigenvalue weighted by Crippen LogP contribution is 2.30. The number of carbonyl (C=O) groups is 1. The molecule has 7 nitrogen and oxygen atoms in total. The summed E-state index contributed by atoms with van der Waals surface area (Å²) in [6.45, 7) is 1.63. The van der Waals surface area contributed by atoms with E-state index in [4.69, 9.17) is 43.1 Å². The fourth-order valence-corrected chi connectivity index (χ4v) is 2.44. The van der Waals surface area contributed by atoms with Gasteiger partial charge >= 0.3 is 12.1 Å². The molecule has 2 heterocycles. The zero-order valence-electron chi connectivity index (χ0n) is 13.8. The van der Waals surface area contributed by atoms with Crippen LogP contribution in [0, 0.1) is 11.3 Å². The van der Waals surface area contributed by atoms with E-state index in [1.807, 2.05) is 6.07 Å². The lowest BCUT2D eigenvalue weighted by Gasteiger charge is -2.27. The van der Waals surface area contributed by atoms with Gasteiger partial charge < -0.3 is 15.2 Å². The molecule has 28 heavy (non-hydrogen) atoms. The molecular weight excluding hydrogens is 424 g/mol. The molecule has 2 N–H and O–H groups in total. The number of alkyl halides is 3. The Morgan fingerprint density at radius 1 is 1.32 bits per heavy atom.